The molecular formula is C22H22N4O2S2. The number of hydrogen-bond donors (Lipinski definition) is 0. The van der Waals surface area contributed by atoms with Gasteiger partial charge in [0.1, 0.15) is 6.07 Å². The Balaban J connectivity index is 1.46. The second kappa shape index (κ2) is 8.56. The Morgan fingerprint density at radius 3 is 2.43 bits per heavy atom. The quantitative estimate of drug-likeness (QED) is 0.606. The van der Waals surface area contributed by atoms with E-state index in [1.54, 1.807) is 23.5 Å². The van der Waals surface area contributed by atoms with Crippen molar-refractivity contribution in [2.45, 2.75) is 18.2 Å². The second-order valence-corrected chi connectivity index (χ2v) is 9.81. The fourth-order valence-electron chi connectivity index (χ4n) is 3.50. The van der Waals surface area contributed by atoms with Gasteiger partial charge in [-0.3, -0.25) is 0 Å². The number of thiazole rings is 1. The highest BCUT2D eigenvalue weighted by molar-refractivity contribution is 7.89. The second-order valence-electron chi connectivity index (χ2n) is 7.06. The van der Waals surface area contributed by atoms with Gasteiger partial charge in [0.2, 0.25) is 10.0 Å². The van der Waals surface area contributed by atoms with E-state index in [0.29, 0.717) is 26.2 Å². The lowest BCUT2D eigenvalue weighted by Crippen LogP contribution is -2.48. The summed E-state index contributed by atoms with van der Waals surface area (Å²) in [6.45, 7) is 3.99. The standard InChI is InChI=1S/C22H22N4O2S2/c1-2-17-7-9-18(10-8-17)20-16-29-22(24-20)25-11-13-26(14-12-25)30(27,28)21-6-4-3-5-19(21)15-23/h3-10,16H,2,11-14H2,1H3. The van der Waals surface area contributed by atoms with Gasteiger partial charge in [-0.2, -0.15) is 9.57 Å². The van der Waals surface area contributed by atoms with Gasteiger partial charge in [-0.1, -0.05) is 43.3 Å². The third kappa shape index (κ3) is 3.97. The first kappa shape index (κ1) is 20.5. The first-order valence-corrected chi connectivity index (χ1v) is 12.1. The number of hydrogen-bond acceptors (Lipinski definition) is 6. The average molecular weight is 439 g/mol. The van der Waals surface area contributed by atoms with Crippen LogP contribution in [0.1, 0.15) is 18.1 Å². The topological polar surface area (TPSA) is 77.3 Å². The minimum atomic E-state index is -3.69. The Hall–Kier alpha value is -2.73. The van der Waals surface area contributed by atoms with Gasteiger partial charge in [0.05, 0.1) is 16.2 Å². The summed E-state index contributed by atoms with van der Waals surface area (Å²) >= 11 is 1.58. The molecule has 0 amide bonds. The molecule has 0 atom stereocenters. The SMILES string of the molecule is CCc1ccc(-c2csc(N3CCN(S(=O)(=O)c4ccccc4C#N)CC3)n2)cc1. The summed E-state index contributed by atoms with van der Waals surface area (Å²) in [5, 5.41) is 12.2. The van der Waals surface area contributed by atoms with Gasteiger partial charge in [-0.25, -0.2) is 13.4 Å². The third-order valence-corrected chi connectivity index (χ3v) is 8.14. The van der Waals surface area contributed by atoms with E-state index in [9.17, 15) is 13.7 Å². The van der Waals surface area contributed by atoms with Gasteiger partial charge in [-0.15, -0.1) is 11.3 Å². The molecule has 0 saturated carbocycles. The summed E-state index contributed by atoms with van der Waals surface area (Å²) in [6.07, 6.45) is 1.01. The fraction of sp³-hybridized carbons (Fsp3) is 0.273. The molecule has 154 valence electrons. The van der Waals surface area contributed by atoms with Crippen LogP contribution in [-0.2, 0) is 16.4 Å². The lowest BCUT2D eigenvalue weighted by molar-refractivity contribution is 0.384. The molecule has 1 aliphatic heterocycles. The number of nitriles is 1. The van der Waals surface area contributed by atoms with E-state index in [0.717, 1.165) is 22.8 Å². The molecule has 4 rings (SSSR count). The van der Waals surface area contributed by atoms with Crippen molar-refractivity contribution in [3.05, 3.63) is 65.0 Å². The summed E-state index contributed by atoms with van der Waals surface area (Å²) in [5.74, 6) is 0. The molecule has 30 heavy (non-hydrogen) atoms. The van der Waals surface area contributed by atoms with E-state index in [1.165, 1.54) is 22.0 Å². The molecule has 1 aromatic heterocycles. The first-order valence-electron chi connectivity index (χ1n) is 9.82. The number of anilines is 1. The number of benzene rings is 2. The van der Waals surface area contributed by atoms with Crippen LogP contribution in [0.4, 0.5) is 5.13 Å². The van der Waals surface area contributed by atoms with E-state index >= 15 is 0 Å². The van der Waals surface area contributed by atoms with E-state index < -0.39 is 10.0 Å². The third-order valence-electron chi connectivity index (χ3n) is 5.28. The maximum Gasteiger partial charge on any atom is 0.244 e. The lowest BCUT2D eigenvalue weighted by atomic mass is 10.1. The number of sulfonamides is 1. The van der Waals surface area contributed by atoms with Crippen LogP contribution in [0.5, 0.6) is 0 Å². The van der Waals surface area contributed by atoms with Crippen molar-refractivity contribution in [2.75, 3.05) is 31.1 Å². The summed E-state index contributed by atoms with van der Waals surface area (Å²) < 4.78 is 27.4. The van der Waals surface area contributed by atoms with Crippen LogP contribution in [0.2, 0.25) is 0 Å². The van der Waals surface area contributed by atoms with Crippen molar-refractivity contribution in [3.63, 3.8) is 0 Å². The molecule has 1 saturated heterocycles. The highest BCUT2D eigenvalue weighted by Crippen LogP contribution is 2.29. The lowest BCUT2D eigenvalue weighted by Gasteiger charge is -2.33. The van der Waals surface area contributed by atoms with Crippen molar-refractivity contribution >= 4 is 26.5 Å². The normalized spacial score (nSPS) is 15.1. The summed E-state index contributed by atoms with van der Waals surface area (Å²) in [6, 6.07) is 16.8. The van der Waals surface area contributed by atoms with Crippen molar-refractivity contribution in [2.24, 2.45) is 0 Å². The van der Waals surface area contributed by atoms with Gasteiger partial charge in [0, 0.05) is 37.1 Å². The Kier molecular flexibility index (Phi) is 5.86. The van der Waals surface area contributed by atoms with Crippen LogP contribution in [0.3, 0.4) is 0 Å². The zero-order valence-electron chi connectivity index (χ0n) is 16.7. The van der Waals surface area contributed by atoms with E-state index in [4.69, 9.17) is 4.98 Å². The molecular weight excluding hydrogens is 416 g/mol. The van der Waals surface area contributed by atoms with E-state index in [1.807, 2.05) is 11.4 Å². The smallest absolute Gasteiger partial charge is 0.244 e. The van der Waals surface area contributed by atoms with Crippen LogP contribution >= 0.6 is 11.3 Å². The molecule has 0 radical (unpaired) electrons. The minimum Gasteiger partial charge on any atom is -0.345 e. The minimum absolute atomic E-state index is 0.0769. The molecule has 3 aromatic rings. The fourth-order valence-corrected chi connectivity index (χ4v) is 5.95. The van der Waals surface area contributed by atoms with Crippen LogP contribution in [0, 0.1) is 11.3 Å². The maximum atomic E-state index is 13.0. The maximum absolute atomic E-state index is 13.0. The molecule has 0 bridgehead atoms. The van der Waals surface area contributed by atoms with E-state index in [2.05, 4.69) is 36.1 Å². The van der Waals surface area contributed by atoms with Gasteiger partial charge >= 0.3 is 0 Å². The molecule has 0 spiro atoms. The predicted molar refractivity (Wildman–Crippen MR) is 119 cm³/mol. The van der Waals surface area contributed by atoms with Crippen molar-refractivity contribution < 1.29 is 8.42 Å². The summed E-state index contributed by atoms with van der Waals surface area (Å²) in [5.41, 5.74) is 3.50. The Morgan fingerprint density at radius 2 is 1.77 bits per heavy atom. The van der Waals surface area contributed by atoms with Gasteiger partial charge in [-0.05, 0) is 24.1 Å². The zero-order valence-corrected chi connectivity index (χ0v) is 18.3. The Bertz CT molecular complexity index is 1170. The molecule has 1 aliphatic rings. The number of aryl methyl sites for hydroxylation is 1. The highest BCUT2D eigenvalue weighted by Gasteiger charge is 2.31. The van der Waals surface area contributed by atoms with Gasteiger partial charge < -0.3 is 4.90 Å². The number of piperazine rings is 1. The first-order chi connectivity index (χ1) is 14.5. The van der Waals surface area contributed by atoms with E-state index in [-0.39, 0.29) is 10.5 Å². The summed E-state index contributed by atoms with van der Waals surface area (Å²) in [7, 11) is -3.69. The summed E-state index contributed by atoms with van der Waals surface area (Å²) in [4.78, 5) is 6.96. The molecule has 2 aromatic carbocycles. The number of nitrogens with zero attached hydrogens (tertiary/aromatic N) is 4. The van der Waals surface area contributed by atoms with Crippen LogP contribution in [0.15, 0.2) is 58.8 Å². The van der Waals surface area contributed by atoms with Gasteiger partial charge in [0.25, 0.3) is 0 Å². The highest BCUT2D eigenvalue weighted by atomic mass is 32.2. The molecule has 8 heteroatoms. The Morgan fingerprint density at radius 1 is 1.07 bits per heavy atom. The molecule has 6 nitrogen and oxygen atoms in total. The molecule has 1 fully saturated rings. The molecule has 0 N–H and O–H groups in total. The Labute approximate surface area is 181 Å². The van der Waals surface area contributed by atoms with Crippen LogP contribution in [-0.4, -0.2) is 43.9 Å². The average Bonchev–Trinajstić information content (AvgIpc) is 3.29. The van der Waals surface area contributed by atoms with Crippen molar-refractivity contribution in [1.29, 1.82) is 5.26 Å². The number of rotatable bonds is 5. The van der Waals surface area contributed by atoms with Crippen molar-refractivity contribution in [1.82, 2.24) is 9.29 Å². The van der Waals surface area contributed by atoms with Gasteiger partial charge in [0.15, 0.2) is 5.13 Å². The van der Waals surface area contributed by atoms with Crippen LogP contribution in [0.25, 0.3) is 11.3 Å². The molecule has 2 heterocycles. The van der Waals surface area contributed by atoms with Crippen LogP contribution < -0.4 is 4.90 Å². The predicted octanol–water partition coefficient (Wildman–Crippen LogP) is 3.76. The molecule has 0 aliphatic carbocycles. The molecule has 0 unspecified atom stereocenters. The number of aromatic nitrogens is 1. The monoisotopic (exact) mass is 438 g/mol. The largest absolute Gasteiger partial charge is 0.345 e. The van der Waals surface area contributed by atoms with Crippen molar-refractivity contribution in [3.8, 4) is 17.3 Å². The zero-order chi connectivity index (χ0) is 21.1.